The summed E-state index contributed by atoms with van der Waals surface area (Å²) in [6.07, 6.45) is 3.74. The first kappa shape index (κ1) is 24.5. The van der Waals surface area contributed by atoms with Crippen molar-refractivity contribution in [3.05, 3.63) is 59.3 Å². The van der Waals surface area contributed by atoms with Crippen molar-refractivity contribution >= 4 is 33.9 Å². The Morgan fingerprint density at radius 3 is 2.83 bits per heavy atom. The zero-order chi connectivity index (χ0) is 24.8. The van der Waals surface area contributed by atoms with Crippen molar-refractivity contribution in [2.75, 3.05) is 45.7 Å². The number of hydrogen-bond acceptors (Lipinski definition) is 8. The third-order valence-electron chi connectivity index (χ3n) is 5.76. The van der Waals surface area contributed by atoms with Crippen molar-refractivity contribution in [1.82, 2.24) is 24.8 Å². The van der Waals surface area contributed by atoms with Crippen LogP contribution in [0.15, 0.2) is 36.5 Å². The van der Waals surface area contributed by atoms with E-state index in [-0.39, 0.29) is 5.82 Å². The molecule has 0 amide bonds. The molecule has 0 saturated carbocycles. The number of anilines is 1. The molecule has 4 aromatic rings. The van der Waals surface area contributed by atoms with Crippen LogP contribution in [0.1, 0.15) is 34.6 Å². The molecule has 4 N–H and O–H groups in total. The van der Waals surface area contributed by atoms with E-state index in [0.717, 1.165) is 36.9 Å². The molecule has 0 unspecified atom stereocenters. The molecule has 1 aromatic carbocycles. The van der Waals surface area contributed by atoms with Crippen LogP contribution >= 0.6 is 0 Å². The lowest BCUT2D eigenvalue weighted by atomic mass is 10.1. The second-order valence-electron chi connectivity index (χ2n) is 8.48. The van der Waals surface area contributed by atoms with Crippen molar-refractivity contribution in [1.29, 1.82) is 0 Å². The number of benzene rings is 1. The van der Waals surface area contributed by atoms with E-state index in [1.807, 2.05) is 6.07 Å². The molecule has 4 rings (SSSR count). The number of methoxy groups -OCH3 is 1. The average Bonchev–Trinajstić information content (AvgIpc) is 3.22. The summed E-state index contributed by atoms with van der Waals surface area (Å²) in [6.45, 7) is 3.26. The topological polar surface area (TPSA) is 122 Å². The number of fused-ring (bicyclic) bond motifs is 3. The van der Waals surface area contributed by atoms with Gasteiger partial charge in [0.1, 0.15) is 28.6 Å². The van der Waals surface area contributed by atoms with E-state index in [1.165, 1.54) is 25.4 Å². The van der Waals surface area contributed by atoms with Gasteiger partial charge in [-0.1, -0.05) is 12.1 Å². The molecule has 0 spiro atoms. The molecule has 35 heavy (non-hydrogen) atoms. The van der Waals surface area contributed by atoms with Crippen LogP contribution in [-0.4, -0.2) is 71.1 Å². The Morgan fingerprint density at radius 1 is 1.23 bits per heavy atom. The van der Waals surface area contributed by atoms with Crippen molar-refractivity contribution in [3.8, 4) is 0 Å². The van der Waals surface area contributed by atoms with Crippen LogP contribution in [0.25, 0.3) is 22.1 Å². The van der Waals surface area contributed by atoms with Gasteiger partial charge in [0.15, 0.2) is 0 Å². The number of nitrogens with two attached hydrogens (primary N) is 1. The Kier molecular flexibility index (Phi) is 7.84. The highest BCUT2D eigenvalue weighted by molar-refractivity contribution is 6.10. The number of esters is 1. The van der Waals surface area contributed by atoms with Gasteiger partial charge in [0.05, 0.1) is 23.6 Å². The van der Waals surface area contributed by atoms with Gasteiger partial charge in [-0.05, 0) is 63.3 Å². The molecule has 184 valence electrons. The maximum absolute atomic E-state index is 13.7. The lowest BCUT2D eigenvalue weighted by Crippen LogP contribution is -2.24. The summed E-state index contributed by atoms with van der Waals surface area (Å²) in [5.74, 6) is 0.430. The third kappa shape index (κ3) is 5.90. The number of carbonyl (C=O) groups is 1. The monoisotopic (exact) mass is 479 g/mol. The maximum atomic E-state index is 13.7. The molecular formula is C25H30FN7O2. The second kappa shape index (κ2) is 11.2. The molecule has 0 aliphatic carbocycles. The highest BCUT2D eigenvalue weighted by atomic mass is 19.1. The summed E-state index contributed by atoms with van der Waals surface area (Å²) >= 11 is 0. The normalized spacial score (nSPS) is 11.5. The largest absolute Gasteiger partial charge is 0.465 e. The number of aromatic amines is 1. The number of H-pyrrole nitrogens is 1. The number of nitrogens with zero attached hydrogens (tertiary/aromatic N) is 4. The van der Waals surface area contributed by atoms with Gasteiger partial charge in [-0.3, -0.25) is 4.98 Å². The van der Waals surface area contributed by atoms with Crippen LogP contribution in [0.3, 0.4) is 0 Å². The van der Waals surface area contributed by atoms with Gasteiger partial charge in [-0.2, -0.15) is 0 Å². The summed E-state index contributed by atoms with van der Waals surface area (Å²) in [7, 11) is 3.41. The first-order valence-electron chi connectivity index (χ1n) is 11.6. The second-order valence-corrected chi connectivity index (χ2v) is 8.48. The number of hydrogen-bond donors (Lipinski definition) is 3. The quantitative estimate of drug-likeness (QED) is 0.222. The van der Waals surface area contributed by atoms with Gasteiger partial charge >= 0.3 is 5.97 Å². The van der Waals surface area contributed by atoms with Crippen LogP contribution in [-0.2, 0) is 11.2 Å². The Labute approximate surface area is 202 Å². The molecule has 3 aromatic heterocycles. The van der Waals surface area contributed by atoms with E-state index in [9.17, 15) is 9.18 Å². The van der Waals surface area contributed by atoms with Crippen LogP contribution < -0.4 is 11.1 Å². The van der Waals surface area contributed by atoms with Crippen LogP contribution in [0.4, 0.5) is 10.2 Å². The van der Waals surface area contributed by atoms with Gasteiger partial charge < -0.3 is 25.7 Å². The van der Waals surface area contributed by atoms with Gasteiger partial charge in [0.2, 0.25) is 0 Å². The minimum absolute atomic E-state index is 0.300. The Balaban J connectivity index is 1.65. The molecule has 0 atom stereocenters. The van der Waals surface area contributed by atoms with E-state index < -0.39 is 5.97 Å². The lowest BCUT2D eigenvalue weighted by molar-refractivity contribution is 0.0600. The van der Waals surface area contributed by atoms with E-state index in [4.69, 9.17) is 15.5 Å². The van der Waals surface area contributed by atoms with Gasteiger partial charge in [-0.15, -0.1) is 0 Å². The number of rotatable bonds is 11. The Hall–Kier alpha value is -3.63. The van der Waals surface area contributed by atoms with Gasteiger partial charge in [0.25, 0.3) is 0 Å². The number of pyridine rings is 1. The molecule has 0 aliphatic rings. The van der Waals surface area contributed by atoms with Crippen molar-refractivity contribution in [2.24, 2.45) is 5.73 Å². The number of ether oxygens (including phenoxy) is 1. The molecule has 0 saturated heterocycles. The van der Waals surface area contributed by atoms with E-state index in [0.29, 0.717) is 53.4 Å². The van der Waals surface area contributed by atoms with Crippen molar-refractivity contribution in [2.45, 2.75) is 19.3 Å². The smallest absolute Gasteiger partial charge is 0.339 e. The van der Waals surface area contributed by atoms with Crippen molar-refractivity contribution < 1.29 is 13.9 Å². The van der Waals surface area contributed by atoms with Crippen molar-refractivity contribution in [3.63, 3.8) is 0 Å². The highest BCUT2D eigenvalue weighted by Crippen LogP contribution is 2.29. The fourth-order valence-corrected chi connectivity index (χ4v) is 4.00. The Bertz CT molecular complexity index is 1320. The summed E-state index contributed by atoms with van der Waals surface area (Å²) in [5.41, 5.74) is 8.63. The molecule has 0 bridgehead atoms. The first-order chi connectivity index (χ1) is 17.0. The SMILES string of the molecule is COC(=O)c1cnc2c(c1)[nH]c1nc(Cc3cccc(F)c3)nc(NCCCN(C)CCCN)c12. The van der Waals surface area contributed by atoms with E-state index in [2.05, 4.69) is 32.2 Å². The molecule has 10 heteroatoms. The molecule has 0 fully saturated rings. The number of carbonyl (C=O) groups excluding carboxylic acids is 1. The predicted molar refractivity (Wildman–Crippen MR) is 134 cm³/mol. The molecule has 9 nitrogen and oxygen atoms in total. The molecular weight excluding hydrogens is 449 g/mol. The van der Waals surface area contributed by atoms with Crippen LogP contribution in [0.2, 0.25) is 0 Å². The minimum Gasteiger partial charge on any atom is -0.465 e. The third-order valence-corrected chi connectivity index (χ3v) is 5.76. The number of aromatic nitrogens is 4. The summed E-state index contributed by atoms with van der Waals surface area (Å²) in [5, 5.41) is 4.18. The molecule has 0 radical (unpaired) electrons. The predicted octanol–water partition coefficient (Wildman–Crippen LogP) is 3.11. The highest BCUT2D eigenvalue weighted by Gasteiger charge is 2.17. The van der Waals surface area contributed by atoms with E-state index in [1.54, 1.807) is 12.1 Å². The number of halogens is 1. The summed E-state index contributed by atoms with van der Waals surface area (Å²) in [6, 6.07) is 8.10. The number of nitrogens with one attached hydrogen (secondary N) is 2. The zero-order valence-electron chi connectivity index (χ0n) is 20.0. The minimum atomic E-state index is -0.465. The standard InChI is InChI=1S/C25H30FN7O2/c1-33(10-4-8-27)11-5-9-28-23-21-22-19(14-17(15-29-22)25(34)35-2)30-24(21)32-20(31-23)13-16-6-3-7-18(26)12-16/h3,6-7,12,14-15H,4-5,8-11,13,27H2,1-2H3,(H2,28,30,31,32). The fourth-order valence-electron chi connectivity index (χ4n) is 4.00. The molecule has 0 aliphatic heterocycles. The lowest BCUT2D eigenvalue weighted by Gasteiger charge is -2.16. The summed E-state index contributed by atoms with van der Waals surface area (Å²) in [4.78, 5) is 31.4. The van der Waals surface area contributed by atoms with Crippen LogP contribution in [0.5, 0.6) is 0 Å². The molecule has 3 heterocycles. The fraction of sp³-hybridized carbons (Fsp3) is 0.360. The van der Waals surface area contributed by atoms with E-state index >= 15 is 0 Å². The summed E-state index contributed by atoms with van der Waals surface area (Å²) < 4.78 is 18.5. The Morgan fingerprint density at radius 2 is 2.06 bits per heavy atom. The first-order valence-corrected chi connectivity index (χ1v) is 11.6. The zero-order valence-corrected chi connectivity index (χ0v) is 20.0. The maximum Gasteiger partial charge on any atom is 0.339 e. The van der Waals surface area contributed by atoms with Gasteiger partial charge in [0, 0.05) is 19.2 Å². The van der Waals surface area contributed by atoms with Gasteiger partial charge in [-0.25, -0.2) is 19.2 Å². The van der Waals surface area contributed by atoms with Crippen LogP contribution in [0, 0.1) is 5.82 Å². The average molecular weight is 480 g/mol.